The van der Waals surface area contributed by atoms with Gasteiger partial charge in [-0.05, 0) is 121 Å². The molecule has 3 N–H and O–H groups in total. The van der Waals surface area contributed by atoms with E-state index in [1.807, 2.05) is 128 Å². The largest absolute Gasteiger partial charge is 0.337 e. The van der Waals surface area contributed by atoms with Crippen molar-refractivity contribution in [3.05, 3.63) is 236 Å². The number of benzene rings is 4. The third-order valence-electron chi connectivity index (χ3n) is 16.0. The third-order valence-corrected chi connectivity index (χ3v) is 17.1. The summed E-state index contributed by atoms with van der Waals surface area (Å²) in [5.41, 5.74) is 13.5. The molecule has 4 aromatic heterocycles. The van der Waals surface area contributed by atoms with Crippen LogP contribution in [0.1, 0.15) is 91.5 Å². The van der Waals surface area contributed by atoms with Gasteiger partial charge in [-0.1, -0.05) is 120 Å². The van der Waals surface area contributed by atoms with Gasteiger partial charge in [0.1, 0.15) is 5.38 Å². The summed E-state index contributed by atoms with van der Waals surface area (Å²) < 4.78 is 4.18. The van der Waals surface area contributed by atoms with Crippen LogP contribution in [-0.2, 0) is 61.5 Å². The molecule has 2 aliphatic heterocycles. The lowest BCUT2D eigenvalue weighted by atomic mass is 9.95. The van der Waals surface area contributed by atoms with E-state index in [0.717, 1.165) is 139 Å². The van der Waals surface area contributed by atoms with E-state index >= 15 is 0 Å². The number of aryl methyl sites for hydroxylation is 8. The van der Waals surface area contributed by atoms with Crippen molar-refractivity contribution in [2.24, 2.45) is 0 Å². The number of hydrogen-bond acceptors (Lipinski definition) is 10. The molecule has 2 saturated heterocycles. The second-order valence-corrected chi connectivity index (χ2v) is 23.2. The van der Waals surface area contributed by atoms with Crippen LogP contribution in [0.3, 0.4) is 0 Å². The Hall–Kier alpha value is -6.75. The number of nitrogens with zero attached hydrogens (tertiary/aromatic N) is 9. The van der Waals surface area contributed by atoms with E-state index in [9.17, 15) is 9.59 Å². The molecule has 432 valence electrons. The number of halogens is 3. The minimum Gasteiger partial charge on any atom is -0.337 e. The van der Waals surface area contributed by atoms with Gasteiger partial charge in [0, 0.05) is 113 Å². The lowest BCUT2D eigenvalue weighted by molar-refractivity contribution is -0.136. The summed E-state index contributed by atoms with van der Waals surface area (Å²) in [7, 11) is 0. The SMILES string of the molecule is Cc1cn(CCCN(Cc2ccccc2)C(=O)[C@H]2CN(C3c4ncccc4CCc4cccc(Cl)c43)CCN2)cn1.Cc1cn(CCCN(Cc2ccccc2)C(=O)[C@H]2CNCCN2)cn1.Clc1cccc2c1C(Cl)c1ncccc1CC2. The fraction of sp³-hybridized carbons (Fsp3) is 0.364. The average molecular weight is 1170 g/mol. The molecule has 2 fully saturated rings. The summed E-state index contributed by atoms with van der Waals surface area (Å²) >= 11 is 19.7. The molecule has 4 atom stereocenters. The first-order valence-electron chi connectivity index (χ1n) is 29.2. The molecule has 8 aromatic rings. The average Bonchev–Trinajstić information content (AvgIpc) is 4.01. The molecule has 2 aliphatic carbocycles. The van der Waals surface area contributed by atoms with Gasteiger partial charge in [-0.15, -0.1) is 11.6 Å². The van der Waals surface area contributed by atoms with Gasteiger partial charge in [0.2, 0.25) is 11.8 Å². The van der Waals surface area contributed by atoms with Crippen molar-refractivity contribution < 1.29 is 9.59 Å². The Labute approximate surface area is 503 Å². The maximum atomic E-state index is 14.2. The van der Waals surface area contributed by atoms with Gasteiger partial charge in [-0.25, -0.2) is 9.97 Å². The van der Waals surface area contributed by atoms with Crippen LogP contribution in [0.4, 0.5) is 0 Å². The number of amides is 2. The molecule has 6 heterocycles. The number of imidazole rings is 2. The van der Waals surface area contributed by atoms with Crippen LogP contribution >= 0.6 is 34.8 Å². The molecule has 0 bridgehead atoms. The summed E-state index contributed by atoms with van der Waals surface area (Å²) in [4.78, 5) is 51.4. The fourth-order valence-corrected chi connectivity index (χ4v) is 12.9. The molecule has 2 amide bonds. The predicted octanol–water partition coefficient (Wildman–Crippen LogP) is 10.2. The van der Waals surface area contributed by atoms with Crippen molar-refractivity contribution in [3.8, 4) is 0 Å². The number of aromatic nitrogens is 6. The zero-order valence-corrected chi connectivity index (χ0v) is 49.8. The smallest absolute Gasteiger partial charge is 0.241 e. The Morgan fingerprint density at radius 3 is 1.63 bits per heavy atom. The van der Waals surface area contributed by atoms with Crippen LogP contribution in [0.15, 0.2) is 159 Å². The topological polar surface area (TPSA) is 141 Å². The second-order valence-electron chi connectivity index (χ2n) is 21.9. The summed E-state index contributed by atoms with van der Waals surface area (Å²) in [6.07, 6.45) is 17.0. The molecule has 12 rings (SSSR count). The predicted molar refractivity (Wildman–Crippen MR) is 331 cm³/mol. The maximum Gasteiger partial charge on any atom is 0.241 e. The minimum absolute atomic E-state index is 0.0816. The molecule has 83 heavy (non-hydrogen) atoms. The first-order valence-corrected chi connectivity index (χ1v) is 30.4. The van der Waals surface area contributed by atoms with E-state index in [1.165, 1.54) is 22.3 Å². The van der Waals surface area contributed by atoms with Gasteiger partial charge in [0.25, 0.3) is 0 Å². The molecule has 2 unspecified atom stereocenters. The van der Waals surface area contributed by atoms with E-state index < -0.39 is 0 Å². The van der Waals surface area contributed by atoms with Crippen molar-refractivity contribution >= 4 is 46.6 Å². The Kier molecular flexibility index (Phi) is 20.9. The standard InChI is InChI=1S/C33H37ClN6O.C19H27N5O.C14H11Cl2N/c1-24-20-38(23-37-24)17-7-18-40(21-25-8-3-2-4-9-25)33(41)29-22-39(19-16-35-29)32-30-26(10-5-12-28(30)34)13-14-27-11-6-15-36-31(27)32;1-16-13-23(15-22-16)10-5-11-24(14-17-6-3-2-4-7-17)19(25)18-12-20-8-9-21-18;15-11-5-1-3-9-6-7-10-4-2-8-17-14(10)13(16)12(9)11/h2-6,8-12,15,20,23,29,32,35H,7,13-14,16-19,21-22H2,1H3;2-4,6-7,13,15,18,20-21H,5,8-12,14H2,1H3;1-5,8,13H,6-7H2/t29-,32?;18-;/m11./s1. The third kappa shape index (κ3) is 15.5. The number of rotatable bonds is 15. The van der Waals surface area contributed by atoms with E-state index in [-0.39, 0.29) is 35.3 Å². The van der Waals surface area contributed by atoms with Crippen LogP contribution in [-0.4, -0.2) is 120 Å². The molecule has 0 spiro atoms. The molecular weight excluding hydrogens is 1100 g/mol. The molecule has 14 nitrogen and oxygen atoms in total. The molecule has 4 aromatic carbocycles. The zero-order valence-electron chi connectivity index (χ0n) is 47.5. The van der Waals surface area contributed by atoms with E-state index in [0.29, 0.717) is 32.7 Å². The Morgan fingerprint density at radius 2 is 1.07 bits per heavy atom. The number of carbonyl (C=O) groups excluding carboxylic acids is 2. The summed E-state index contributed by atoms with van der Waals surface area (Å²) in [6.45, 7) is 12.9. The normalized spacial score (nSPS) is 18.2. The Balaban J connectivity index is 0.000000155. The number of alkyl halides is 1. The molecule has 0 saturated carbocycles. The highest BCUT2D eigenvalue weighted by atomic mass is 35.5. The van der Waals surface area contributed by atoms with Gasteiger partial charge in [0.05, 0.1) is 53.6 Å². The number of carbonyl (C=O) groups is 2. The van der Waals surface area contributed by atoms with Gasteiger partial charge >= 0.3 is 0 Å². The molecular formula is C66H75Cl3N12O2. The van der Waals surface area contributed by atoms with Gasteiger partial charge in [0.15, 0.2) is 0 Å². The van der Waals surface area contributed by atoms with Gasteiger partial charge in [-0.2, -0.15) is 0 Å². The van der Waals surface area contributed by atoms with Crippen LogP contribution in [0.5, 0.6) is 0 Å². The van der Waals surface area contributed by atoms with Crippen LogP contribution < -0.4 is 16.0 Å². The zero-order chi connectivity index (χ0) is 57.5. The van der Waals surface area contributed by atoms with Crippen molar-refractivity contribution in [2.45, 2.75) is 102 Å². The number of fused-ring (bicyclic) bond motifs is 4. The second kappa shape index (κ2) is 29.2. The van der Waals surface area contributed by atoms with Crippen molar-refractivity contribution in [3.63, 3.8) is 0 Å². The quantitative estimate of drug-likeness (QED) is 0.0850. The first kappa shape index (κ1) is 59.4. The Morgan fingerprint density at radius 1 is 0.566 bits per heavy atom. The molecule has 0 radical (unpaired) electrons. The van der Waals surface area contributed by atoms with Crippen LogP contribution in [0, 0.1) is 13.8 Å². The fourth-order valence-electron chi connectivity index (χ4n) is 11.8. The van der Waals surface area contributed by atoms with E-state index in [1.54, 1.807) is 6.20 Å². The summed E-state index contributed by atoms with van der Waals surface area (Å²) in [5.74, 6) is 0.312. The summed E-state index contributed by atoms with van der Waals surface area (Å²) in [5, 5.41) is 11.4. The Bertz CT molecular complexity index is 3390. The van der Waals surface area contributed by atoms with E-state index in [4.69, 9.17) is 39.8 Å². The number of pyridine rings is 2. The van der Waals surface area contributed by atoms with Crippen molar-refractivity contribution in [1.29, 1.82) is 0 Å². The number of nitrogens with one attached hydrogen (secondary N) is 3. The monoisotopic (exact) mass is 1170 g/mol. The van der Waals surface area contributed by atoms with Crippen LogP contribution in [0.2, 0.25) is 10.0 Å². The van der Waals surface area contributed by atoms with Crippen LogP contribution in [0.25, 0.3) is 0 Å². The first-order chi connectivity index (χ1) is 40.6. The van der Waals surface area contributed by atoms with Crippen molar-refractivity contribution in [2.75, 3.05) is 52.4 Å². The van der Waals surface area contributed by atoms with Gasteiger partial charge in [-0.3, -0.25) is 24.5 Å². The highest BCUT2D eigenvalue weighted by molar-refractivity contribution is 6.33. The highest BCUT2D eigenvalue weighted by Crippen LogP contribution is 2.41. The maximum absolute atomic E-state index is 14.2. The molecule has 17 heteroatoms. The minimum atomic E-state index is -0.315. The number of hydrogen-bond donors (Lipinski definition) is 3. The van der Waals surface area contributed by atoms with Crippen molar-refractivity contribution in [1.82, 2.24) is 59.7 Å². The molecule has 4 aliphatic rings. The lowest BCUT2D eigenvalue weighted by Crippen LogP contribution is -2.58. The highest BCUT2D eigenvalue weighted by Gasteiger charge is 2.37. The van der Waals surface area contributed by atoms with E-state index in [2.05, 4.69) is 93.5 Å². The van der Waals surface area contributed by atoms with Gasteiger partial charge < -0.3 is 34.9 Å². The lowest BCUT2D eigenvalue weighted by Gasteiger charge is -2.40. The summed E-state index contributed by atoms with van der Waals surface area (Å²) in [6, 6.07) is 40.4. The number of piperazine rings is 2.